The van der Waals surface area contributed by atoms with E-state index < -0.39 is 0 Å². The molecular formula is C7H10N2O2. The standard InChI is InChI=1S/C7H10N2O2/c1-3-6-4-7(11-9-6)8-5(2)10/h4H,3H2,1-2H3,(H,8,10). The lowest BCUT2D eigenvalue weighted by Crippen LogP contribution is -2.04. The third-order valence-electron chi connectivity index (χ3n) is 1.22. The number of nitrogens with zero attached hydrogens (tertiary/aromatic N) is 1. The largest absolute Gasteiger partial charge is 0.338 e. The van der Waals surface area contributed by atoms with Crippen LogP contribution in [0.3, 0.4) is 0 Å². The molecule has 1 aromatic rings. The molecule has 1 N–H and O–H groups in total. The van der Waals surface area contributed by atoms with Crippen LogP contribution in [0.15, 0.2) is 10.6 Å². The predicted octanol–water partition coefficient (Wildman–Crippen LogP) is 1.20. The first-order chi connectivity index (χ1) is 5.22. The number of rotatable bonds is 2. The van der Waals surface area contributed by atoms with E-state index in [9.17, 15) is 4.79 Å². The van der Waals surface area contributed by atoms with Crippen molar-refractivity contribution in [1.82, 2.24) is 5.16 Å². The maximum atomic E-state index is 10.5. The van der Waals surface area contributed by atoms with Crippen LogP contribution in [0.25, 0.3) is 0 Å². The number of hydrogen-bond acceptors (Lipinski definition) is 3. The Morgan fingerprint density at radius 2 is 2.55 bits per heavy atom. The van der Waals surface area contributed by atoms with Crippen molar-refractivity contribution in [2.24, 2.45) is 0 Å². The van der Waals surface area contributed by atoms with E-state index in [1.54, 1.807) is 6.07 Å². The van der Waals surface area contributed by atoms with E-state index in [4.69, 9.17) is 4.52 Å². The van der Waals surface area contributed by atoms with Crippen LogP contribution < -0.4 is 5.32 Å². The van der Waals surface area contributed by atoms with Gasteiger partial charge in [-0.1, -0.05) is 12.1 Å². The van der Waals surface area contributed by atoms with Gasteiger partial charge in [0.25, 0.3) is 0 Å². The molecule has 0 spiro atoms. The molecule has 4 heteroatoms. The third kappa shape index (κ3) is 2.07. The Bertz CT molecular complexity index is 255. The summed E-state index contributed by atoms with van der Waals surface area (Å²) in [5.41, 5.74) is 0.841. The second-order valence-electron chi connectivity index (χ2n) is 2.22. The summed E-state index contributed by atoms with van der Waals surface area (Å²) in [4.78, 5) is 10.5. The number of carbonyl (C=O) groups is 1. The molecule has 60 valence electrons. The van der Waals surface area contributed by atoms with Gasteiger partial charge in [0.05, 0.1) is 5.69 Å². The summed E-state index contributed by atoms with van der Waals surface area (Å²) in [6, 6.07) is 1.71. The molecule has 0 atom stereocenters. The molecule has 1 heterocycles. The van der Waals surface area contributed by atoms with Crippen molar-refractivity contribution < 1.29 is 9.32 Å². The van der Waals surface area contributed by atoms with Gasteiger partial charge in [0.1, 0.15) is 0 Å². The Labute approximate surface area is 64.6 Å². The number of hydrogen-bond donors (Lipinski definition) is 1. The molecule has 0 aliphatic carbocycles. The summed E-state index contributed by atoms with van der Waals surface area (Å²) in [6.45, 7) is 3.39. The highest BCUT2D eigenvalue weighted by atomic mass is 16.5. The molecule has 0 aliphatic rings. The van der Waals surface area contributed by atoms with E-state index in [-0.39, 0.29) is 5.91 Å². The van der Waals surface area contributed by atoms with Crippen LogP contribution in [0.1, 0.15) is 19.5 Å². The fourth-order valence-electron chi connectivity index (χ4n) is 0.711. The lowest BCUT2D eigenvalue weighted by atomic mass is 10.3. The van der Waals surface area contributed by atoms with Crippen LogP contribution in [0, 0.1) is 0 Å². The van der Waals surface area contributed by atoms with Crippen molar-refractivity contribution in [1.29, 1.82) is 0 Å². The zero-order valence-electron chi connectivity index (χ0n) is 6.55. The van der Waals surface area contributed by atoms with Gasteiger partial charge in [0.15, 0.2) is 0 Å². The maximum Gasteiger partial charge on any atom is 0.231 e. The highest BCUT2D eigenvalue weighted by Crippen LogP contribution is 2.08. The maximum absolute atomic E-state index is 10.5. The van der Waals surface area contributed by atoms with Gasteiger partial charge >= 0.3 is 0 Å². The number of aryl methyl sites for hydroxylation is 1. The minimum Gasteiger partial charge on any atom is -0.338 e. The van der Waals surface area contributed by atoms with Crippen molar-refractivity contribution in [3.63, 3.8) is 0 Å². The molecule has 0 aliphatic heterocycles. The predicted molar refractivity (Wildman–Crippen MR) is 40.2 cm³/mol. The Morgan fingerprint density at radius 1 is 1.82 bits per heavy atom. The third-order valence-corrected chi connectivity index (χ3v) is 1.22. The van der Waals surface area contributed by atoms with Gasteiger partial charge < -0.3 is 4.52 Å². The van der Waals surface area contributed by atoms with Crippen LogP contribution >= 0.6 is 0 Å². The van der Waals surface area contributed by atoms with Crippen LogP contribution in [0.2, 0.25) is 0 Å². The average Bonchev–Trinajstić information content (AvgIpc) is 2.34. The van der Waals surface area contributed by atoms with Gasteiger partial charge in [0.2, 0.25) is 11.8 Å². The zero-order chi connectivity index (χ0) is 8.27. The first-order valence-electron chi connectivity index (χ1n) is 3.45. The SMILES string of the molecule is CCc1cc(NC(C)=O)on1. The minimum atomic E-state index is -0.149. The molecule has 11 heavy (non-hydrogen) atoms. The van der Waals surface area contributed by atoms with Crippen molar-refractivity contribution in [2.75, 3.05) is 5.32 Å². The monoisotopic (exact) mass is 154 g/mol. The fourth-order valence-corrected chi connectivity index (χ4v) is 0.711. The molecule has 0 fully saturated rings. The van der Waals surface area contributed by atoms with Gasteiger partial charge in [0, 0.05) is 13.0 Å². The van der Waals surface area contributed by atoms with E-state index in [1.165, 1.54) is 6.92 Å². The molecule has 0 saturated carbocycles. The molecule has 1 amide bonds. The minimum absolute atomic E-state index is 0.149. The quantitative estimate of drug-likeness (QED) is 0.696. The summed E-state index contributed by atoms with van der Waals surface area (Å²) in [5, 5.41) is 6.19. The Balaban J connectivity index is 2.65. The Morgan fingerprint density at radius 3 is 3.00 bits per heavy atom. The molecule has 0 unspecified atom stereocenters. The summed E-state index contributed by atoms with van der Waals surface area (Å²) in [5.74, 6) is 0.262. The molecule has 0 saturated heterocycles. The van der Waals surface area contributed by atoms with Crippen molar-refractivity contribution in [3.05, 3.63) is 11.8 Å². The van der Waals surface area contributed by atoms with E-state index in [2.05, 4.69) is 10.5 Å². The van der Waals surface area contributed by atoms with E-state index >= 15 is 0 Å². The number of aromatic nitrogens is 1. The molecule has 0 aromatic carbocycles. The summed E-state index contributed by atoms with van der Waals surface area (Å²) in [7, 11) is 0. The highest BCUT2D eigenvalue weighted by Gasteiger charge is 2.02. The molecule has 0 bridgehead atoms. The second-order valence-corrected chi connectivity index (χ2v) is 2.22. The van der Waals surface area contributed by atoms with Crippen LogP contribution in [0.5, 0.6) is 0 Å². The average molecular weight is 154 g/mol. The van der Waals surface area contributed by atoms with Crippen LogP contribution in [0.4, 0.5) is 5.88 Å². The number of carbonyl (C=O) groups excluding carboxylic acids is 1. The van der Waals surface area contributed by atoms with Crippen molar-refractivity contribution in [2.45, 2.75) is 20.3 Å². The van der Waals surface area contributed by atoms with Crippen LogP contribution in [-0.2, 0) is 11.2 Å². The number of nitrogens with one attached hydrogen (secondary N) is 1. The Hall–Kier alpha value is -1.32. The lowest BCUT2D eigenvalue weighted by molar-refractivity contribution is -0.114. The molecule has 0 radical (unpaired) electrons. The van der Waals surface area contributed by atoms with Crippen molar-refractivity contribution >= 4 is 11.8 Å². The normalized spacial score (nSPS) is 9.64. The number of anilines is 1. The first kappa shape index (κ1) is 7.78. The van der Waals surface area contributed by atoms with Gasteiger partial charge in [-0.2, -0.15) is 0 Å². The summed E-state index contributed by atoms with van der Waals surface area (Å²) < 4.78 is 4.78. The highest BCUT2D eigenvalue weighted by molar-refractivity contribution is 5.87. The van der Waals surface area contributed by atoms with Gasteiger partial charge in [-0.25, -0.2) is 0 Å². The Kier molecular flexibility index (Phi) is 2.25. The molecule has 4 nitrogen and oxygen atoms in total. The second kappa shape index (κ2) is 3.18. The van der Waals surface area contributed by atoms with Gasteiger partial charge in [-0.05, 0) is 6.42 Å². The van der Waals surface area contributed by atoms with Gasteiger partial charge in [-0.3, -0.25) is 10.1 Å². The van der Waals surface area contributed by atoms with E-state index in [1.807, 2.05) is 6.92 Å². The molecule has 1 rings (SSSR count). The fraction of sp³-hybridized carbons (Fsp3) is 0.429. The summed E-state index contributed by atoms with van der Waals surface area (Å²) in [6.07, 6.45) is 0.809. The lowest BCUT2D eigenvalue weighted by Gasteiger charge is -1.90. The number of amides is 1. The van der Waals surface area contributed by atoms with Crippen LogP contribution in [-0.4, -0.2) is 11.1 Å². The zero-order valence-corrected chi connectivity index (χ0v) is 6.55. The summed E-state index contributed by atoms with van der Waals surface area (Å²) >= 11 is 0. The topological polar surface area (TPSA) is 55.1 Å². The smallest absolute Gasteiger partial charge is 0.231 e. The van der Waals surface area contributed by atoms with E-state index in [0.717, 1.165) is 12.1 Å². The molecule has 1 aromatic heterocycles. The van der Waals surface area contributed by atoms with Gasteiger partial charge in [-0.15, -0.1) is 0 Å². The van der Waals surface area contributed by atoms with Crippen molar-refractivity contribution in [3.8, 4) is 0 Å². The van der Waals surface area contributed by atoms with E-state index in [0.29, 0.717) is 5.88 Å². The molecular weight excluding hydrogens is 144 g/mol. The first-order valence-corrected chi connectivity index (χ1v) is 3.45.